The van der Waals surface area contributed by atoms with E-state index < -0.39 is 0 Å². The topological polar surface area (TPSA) is 62.8 Å². The SMILES string of the molecule is CCCN1CCN(C(=O)c2ccc(Cn3c(=O)c4cccn4c4cccnc43)cc2)CC1. The minimum Gasteiger partial charge on any atom is -0.336 e. The summed E-state index contributed by atoms with van der Waals surface area (Å²) in [6.07, 6.45) is 4.73. The molecule has 7 heteroatoms. The molecule has 0 bridgehead atoms. The lowest BCUT2D eigenvalue weighted by Crippen LogP contribution is -2.48. The Kier molecular flexibility index (Phi) is 5.49. The molecular weight excluding hydrogens is 402 g/mol. The fraction of sp³-hybridized carbons (Fsp3) is 0.320. The number of hydrogen-bond acceptors (Lipinski definition) is 4. The van der Waals surface area contributed by atoms with Gasteiger partial charge in [0, 0.05) is 44.1 Å². The molecule has 1 aromatic carbocycles. The van der Waals surface area contributed by atoms with Gasteiger partial charge in [-0.3, -0.25) is 19.1 Å². The summed E-state index contributed by atoms with van der Waals surface area (Å²) >= 11 is 0. The van der Waals surface area contributed by atoms with E-state index in [-0.39, 0.29) is 11.5 Å². The van der Waals surface area contributed by atoms with Gasteiger partial charge in [0.25, 0.3) is 11.5 Å². The summed E-state index contributed by atoms with van der Waals surface area (Å²) in [5.41, 5.74) is 3.73. The van der Waals surface area contributed by atoms with Crippen LogP contribution >= 0.6 is 0 Å². The Labute approximate surface area is 186 Å². The van der Waals surface area contributed by atoms with Crippen LogP contribution in [-0.2, 0) is 6.54 Å². The number of rotatable bonds is 5. The molecule has 4 heterocycles. The van der Waals surface area contributed by atoms with Gasteiger partial charge < -0.3 is 9.30 Å². The standard InChI is InChI=1S/C25H27N5O2/c1-2-12-27-14-16-28(17-15-27)24(31)20-9-7-19(8-10-20)18-30-23-21(5-3-11-26-23)29-13-4-6-22(29)25(30)32/h3-11,13H,2,12,14-18H2,1H3. The van der Waals surface area contributed by atoms with Crippen LogP contribution in [0, 0.1) is 0 Å². The molecule has 3 aromatic heterocycles. The molecule has 1 aliphatic rings. The van der Waals surface area contributed by atoms with Crippen LogP contribution in [0.5, 0.6) is 0 Å². The molecule has 7 nitrogen and oxygen atoms in total. The van der Waals surface area contributed by atoms with Crippen LogP contribution in [0.3, 0.4) is 0 Å². The van der Waals surface area contributed by atoms with Gasteiger partial charge in [-0.05, 0) is 54.9 Å². The highest BCUT2D eigenvalue weighted by molar-refractivity contribution is 5.94. The maximum Gasteiger partial charge on any atom is 0.276 e. The number of pyridine rings is 1. The molecule has 1 amide bonds. The van der Waals surface area contributed by atoms with E-state index in [1.54, 1.807) is 10.8 Å². The molecule has 1 aliphatic heterocycles. The van der Waals surface area contributed by atoms with Crippen molar-refractivity contribution in [1.82, 2.24) is 23.8 Å². The molecule has 32 heavy (non-hydrogen) atoms. The highest BCUT2D eigenvalue weighted by atomic mass is 16.2. The second kappa shape index (κ2) is 8.59. The molecule has 5 rings (SSSR count). The first-order valence-corrected chi connectivity index (χ1v) is 11.2. The van der Waals surface area contributed by atoms with Crippen molar-refractivity contribution in [2.24, 2.45) is 0 Å². The van der Waals surface area contributed by atoms with Gasteiger partial charge in [-0.1, -0.05) is 19.1 Å². The Bertz CT molecular complexity index is 1310. The first kappa shape index (κ1) is 20.5. The predicted octanol–water partition coefficient (Wildman–Crippen LogP) is 2.87. The summed E-state index contributed by atoms with van der Waals surface area (Å²) in [6, 6.07) is 15.1. The summed E-state index contributed by atoms with van der Waals surface area (Å²) < 4.78 is 3.58. The third kappa shape index (κ3) is 3.69. The molecule has 0 N–H and O–H groups in total. The molecule has 4 aromatic rings. The molecular formula is C25H27N5O2. The average molecular weight is 430 g/mol. The van der Waals surface area contributed by atoms with Crippen molar-refractivity contribution >= 4 is 22.6 Å². The average Bonchev–Trinajstić information content (AvgIpc) is 3.33. The van der Waals surface area contributed by atoms with Gasteiger partial charge in [-0.25, -0.2) is 4.98 Å². The first-order chi connectivity index (χ1) is 15.7. The molecule has 1 fully saturated rings. The maximum atomic E-state index is 13.1. The van der Waals surface area contributed by atoms with E-state index in [0.717, 1.165) is 50.2 Å². The van der Waals surface area contributed by atoms with Gasteiger partial charge in [0.05, 0.1) is 12.1 Å². The summed E-state index contributed by atoms with van der Waals surface area (Å²) in [5, 5.41) is 0. The third-order valence-corrected chi connectivity index (χ3v) is 6.24. The largest absolute Gasteiger partial charge is 0.336 e. The van der Waals surface area contributed by atoms with E-state index in [4.69, 9.17) is 0 Å². The lowest BCUT2D eigenvalue weighted by atomic mass is 10.1. The van der Waals surface area contributed by atoms with Gasteiger partial charge in [0.15, 0.2) is 5.65 Å². The van der Waals surface area contributed by atoms with Gasteiger partial charge in [0.2, 0.25) is 0 Å². The highest BCUT2D eigenvalue weighted by Crippen LogP contribution is 2.16. The Balaban J connectivity index is 1.37. The molecule has 0 atom stereocenters. The third-order valence-electron chi connectivity index (χ3n) is 6.24. The monoisotopic (exact) mass is 429 g/mol. The Morgan fingerprint density at radius 1 is 0.969 bits per heavy atom. The van der Waals surface area contributed by atoms with E-state index in [2.05, 4.69) is 16.8 Å². The van der Waals surface area contributed by atoms with Gasteiger partial charge in [-0.2, -0.15) is 0 Å². The van der Waals surface area contributed by atoms with Crippen LogP contribution in [0.25, 0.3) is 16.7 Å². The highest BCUT2D eigenvalue weighted by Gasteiger charge is 2.21. The fourth-order valence-electron chi connectivity index (χ4n) is 4.54. The molecule has 1 saturated heterocycles. The zero-order valence-corrected chi connectivity index (χ0v) is 18.3. The van der Waals surface area contributed by atoms with Crippen LogP contribution < -0.4 is 5.56 Å². The first-order valence-electron chi connectivity index (χ1n) is 11.2. The quantitative estimate of drug-likeness (QED) is 0.489. The second-order valence-corrected chi connectivity index (χ2v) is 8.33. The number of carbonyl (C=O) groups is 1. The summed E-state index contributed by atoms with van der Waals surface area (Å²) in [5.74, 6) is 0.0755. The van der Waals surface area contributed by atoms with Crippen molar-refractivity contribution in [3.05, 3.63) is 82.4 Å². The van der Waals surface area contributed by atoms with Crippen molar-refractivity contribution in [1.29, 1.82) is 0 Å². The number of benzene rings is 1. The molecule has 0 radical (unpaired) electrons. The van der Waals surface area contributed by atoms with Crippen LogP contribution in [0.1, 0.15) is 29.3 Å². The van der Waals surface area contributed by atoms with Crippen LogP contribution in [0.4, 0.5) is 0 Å². The number of piperazine rings is 1. The smallest absolute Gasteiger partial charge is 0.276 e. The zero-order valence-electron chi connectivity index (χ0n) is 18.3. The van der Waals surface area contributed by atoms with Crippen LogP contribution in [-0.4, -0.2) is 62.4 Å². The Morgan fingerprint density at radius 3 is 2.47 bits per heavy atom. The minimum atomic E-state index is -0.0775. The van der Waals surface area contributed by atoms with Gasteiger partial charge in [-0.15, -0.1) is 0 Å². The van der Waals surface area contributed by atoms with E-state index in [1.807, 2.05) is 64.0 Å². The molecule has 0 unspecified atom stereocenters. The summed E-state index contributed by atoms with van der Waals surface area (Å²) in [7, 11) is 0. The Hall–Kier alpha value is -3.45. The Morgan fingerprint density at radius 2 is 1.72 bits per heavy atom. The minimum absolute atomic E-state index is 0.0755. The molecule has 0 aliphatic carbocycles. The molecule has 0 saturated carbocycles. The lowest BCUT2D eigenvalue weighted by molar-refractivity contribution is 0.0637. The van der Waals surface area contributed by atoms with Crippen LogP contribution in [0.15, 0.2) is 65.7 Å². The summed E-state index contributed by atoms with van der Waals surface area (Å²) in [4.78, 5) is 34.8. The number of amides is 1. The zero-order chi connectivity index (χ0) is 22.1. The van der Waals surface area contributed by atoms with Crippen molar-refractivity contribution in [3.8, 4) is 0 Å². The fourth-order valence-corrected chi connectivity index (χ4v) is 4.54. The number of hydrogen-bond donors (Lipinski definition) is 0. The number of carbonyl (C=O) groups excluding carboxylic acids is 1. The predicted molar refractivity (Wildman–Crippen MR) is 125 cm³/mol. The number of fused-ring (bicyclic) bond motifs is 3. The van der Waals surface area contributed by atoms with E-state index >= 15 is 0 Å². The van der Waals surface area contributed by atoms with Gasteiger partial charge >= 0.3 is 0 Å². The van der Waals surface area contributed by atoms with E-state index in [0.29, 0.717) is 23.3 Å². The van der Waals surface area contributed by atoms with Crippen molar-refractivity contribution in [2.45, 2.75) is 19.9 Å². The maximum absolute atomic E-state index is 13.1. The van der Waals surface area contributed by atoms with E-state index in [1.165, 1.54) is 0 Å². The van der Waals surface area contributed by atoms with Crippen LogP contribution in [0.2, 0.25) is 0 Å². The van der Waals surface area contributed by atoms with Crippen molar-refractivity contribution in [3.63, 3.8) is 0 Å². The van der Waals surface area contributed by atoms with Gasteiger partial charge in [0.1, 0.15) is 5.52 Å². The summed E-state index contributed by atoms with van der Waals surface area (Å²) in [6.45, 7) is 7.08. The van der Waals surface area contributed by atoms with Crippen molar-refractivity contribution < 1.29 is 4.79 Å². The lowest BCUT2D eigenvalue weighted by Gasteiger charge is -2.34. The van der Waals surface area contributed by atoms with Crippen molar-refractivity contribution in [2.75, 3.05) is 32.7 Å². The normalized spacial score (nSPS) is 15.0. The van der Waals surface area contributed by atoms with E-state index in [9.17, 15) is 9.59 Å². The molecule has 164 valence electrons. The number of nitrogens with zero attached hydrogens (tertiary/aromatic N) is 5. The molecule has 0 spiro atoms. The second-order valence-electron chi connectivity index (χ2n) is 8.33. The number of aromatic nitrogens is 3.